The Morgan fingerprint density at radius 2 is 1.48 bits per heavy atom. The second-order valence-electron chi connectivity index (χ2n) is 8.31. The molecular formula is C25H30N2O6. The first-order chi connectivity index (χ1) is 15.7. The van der Waals surface area contributed by atoms with Gasteiger partial charge in [-0.3, -0.25) is 9.59 Å². The first-order valence-corrected chi connectivity index (χ1v) is 10.9. The lowest BCUT2D eigenvalue weighted by molar-refractivity contribution is -0.142. The van der Waals surface area contributed by atoms with E-state index < -0.39 is 42.1 Å². The van der Waals surface area contributed by atoms with Crippen molar-refractivity contribution in [3.63, 3.8) is 0 Å². The molecule has 0 radical (unpaired) electrons. The Morgan fingerprint density at radius 3 is 2.00 bits per heavy atom. The minimum Gasteiger partial charge on any atom is -0.481 e. The van der Waals surface area contributed by atoms with Gasteiger partial charge in [0.15, 0.2) is 0 Å². The number of carboxylic acid groups (broad SMARTS) is 1. The number of nitrogens with one attached hydrogen (secondary N) is 2. The average molecular weight is 455 g/mol. The fourth-order valence-electron chi connectivity index (χ4n) is 3.95. The predicted octanol–water partition coefficient (Wildman–Crippen LogP) is 3.15. The molecule has 176 valence electrons. The number of rotatable bonds is 9. The molecule has 0 spiro atoms. The molecule has 33 heavy (non-hydrogen) atoms. The Balaban J connectivity index is 1.67. The topological polar surface area (TPSA) is 114 Å². The molecule has 4 unspecified atom stereocenters. The zero-order chi connectivity index (χ0) is 24.1. The zero-order valence-electron chi connectivity index (χ0n) is 19.2. The van der Waals surface area contributed by atoms with Crippen molar-refractivity contribution in [2.24, 2.45) is 5.92 Å². The summed E-state index contributed by atoms with van der Waals surface area (Å²) in [7, 11) is 1.42. The van der Waals surface area contributed by atoms with Gasteiger partial charge in [-0.1, -0.05) is 48.5 Å². The van der Waals surface area contributed by atoms with Crippen LogP contribution in [0.1, 0.15) is 37.8 Å². The van der Waals surface area contributed by atoms with Crippen molar-refractivity contribution < 1.29 is 29.0 Å². The number of amides is 2. The molecule has 4 atom stereocenters. The number of fused-ring (bicyclic) bond motifs is 3. The van der Waals surface area contributed by atoms with Crippen LogP contribution in [0.15, 0.2) is 48.5 Å². The molecule has 2 aromatic carbocycles. The maximum Gasteiger partial charge on any atom is 0.407 e. The van der Waals surface area contributed by atoms with Crippen molar-refractivity contribution in [3.8, 4) is 11.1 Å². The van der Waals surface area contributed by atoms with Gasteiger partial charge < -0.3 is 25.2 Å². The number of hydrogen-bond donors (Lipinski definition) is 3. The summed E-state index contributed by atoms with van der Waals surface area (Å²) < 4.78 is 10.8. The predicted molar refractivity (Wildman–Crippen MR) is 123 cm³/mol. The van der Waals surface area contributed by atoms with Crippen LogP contribution in [0.4, 0.5) is 4.79 Å². The zero-order valence-corrected chi connectivity index (χ0v) is 19.2. The van der Waals surface area contributed by atoms with Gasteiger partial charge in [-0.05, 0) is 43.0 Å². The van der Waals surface area contributed by atoms with E-state index in [1.165, 1.54) is 14.0 Å². The molecule has 0 saturated heterocycles. The Hall–Kier alpha value is -3.39. The summed E-state index contributed by atoms with van der Waals surface area (Å²) in [5.41, 5.74) is 4.41. The van der Waals surface area contributed by atoms with Gasteiger partial charge in [-0.2, -0.15) is 0 Å². The van der Waals surface area contributed by atoms with E-state index in [9.17, 15) is 14.4 Å². The molecule has 1 aliphatic carbocycles. The van der Waals surface area contributed by atoms with E-state index in [1.54, 1.807) is 13.8 Å². The third kappa shape index (κ3) is 5.34. The average Bonchev–Trinajstić information content (AvgIpc) is 3.13. The molecule has 1 aliphatic rings. The Labute approximate surface area is 193 Å². The molecule has 0 heterocycles. The molecule has 0 aromatic heterocycles. The van der Waals surface area contributed by atoms with Crippen LogP contribution in [0, 0.1) is 5.92 Å². The van der Waals surface area contributed by atoms with E-state index >= 15 is 0 Å². The van der Waals surface area contributed by atoms with Crippen LogP contribution >= 0.6 is 0 Å². The number of carbonyl (C=O) groups excluding carboxylic acids is 2. The normalized spacial score (nSPS) is 16.0. The SMILES string of the molecule is COC(C)C(NC(=O)OCC1c2ccccc2-c2ccccc21)C(=O)NC(C)C(C)C(=O)O. The Morgan fingerprint density at radius 1 is 0.939 bits per heavy atom. The summed E-state index contributed by atoms with van der Waals surface area (Å²) >= 11 is 0. The quantitative estimate of drug-likeness (QED) is 0.536. The van der Waals surface area contributed by atoms with Crippen LogP contribution in [-0.4, -0.2) is 55.0 Å². The summed E-state index contributed by atoms with van der Waals surface area (Å²) in [5, 5.41) is 14.4. The lowest BCUT2D eigenvalue weighted by Crippen LogP contribution is -2.55. The van der Waals surface area contributed by atoms with Crippen molar-refractivity contribution in [1.29, 1.82) is 0 Å². The molecule has 0 saturated carbocycles. The van der Waals surface area contributed by atoms with Crippen LogP contribution < -0.4 is 10.6 Å². The lowest BCUT2D eigenvalue weighted by atomic mass is 9.98. The van der Waals surface area contributed by atoms with E-state index in [2.05, 4.69) is 10.6 Å². The van der Waals surface area contributed by atoms with Crippen molar-refractivity contribution in [2.45, 2.75) is 44.9 Å². The highest BCUT2D eigenvalue weighted by atomic mass is 16.5. The fraction of sp³-hybridized carbons (Fsp3) is 0.400. The van der Waals surface area contributed by atoms with Crippen LogP contribution in [0.2, 0.25) is 0 Å². The highest BCUT2D eigenvalue weighted by Gasteiger charge is 2.32. The molecule has 3 rings (SSSR count). The molecule has 8 heteroatoms. The molecule has 2 amide bonds. The molecule has 0 bridgehead atoms. The van der Waals surface area contributed by atoms with E-state index in [0.717, 1.165) is 22.3 Å². The number of alkyl carbamates (subject to hydrolysis) is 1. The number of ether oxygens (including phenoxy) is 2. The lowest BCUT2D eigenvalue weighted by Gasteiger charge is -2.26. The van der Waals surface area contributed by atoms with Crippen molar-refractivity contribution in [1.82, 2.24) is 10.6 Å². The maximum atomic E-state index is 12.7. The van der Waals surface area contributed by atoms with Crippen LogP contribution in [0.3, 0.4) is 0 Å². The smallest absolute Gasteiger partial charge is 0.407 e. The third-order valence-corrected chi connectivity index (χ3v) is 6.25. The molecule has 0 fully saturated rings. The highest BCUT2D eigenvalue weighted by Crippen LogP contribution is 2.44. The van der Waals surface area contributed by atoms with E-state index in [-0.39, 0.29) is 12.5 Å². The summed E-state index contributed by atoms with van der Waals surface area (Å²) in [4.78, 5) is 36.6. The van der Waals surface area contributed by atoms with Gasteiger partial charge >= 0.3 is 12.1 Å². The minimum atomic E-state index is -1.05. The van der Waals surface area contributed by atoms with Crippen molar-refractivity contribution in [3.05, 3.63) is 59.7 Å². The van der Waals surface area contributed by atoms with Gasteiger partial charge in [-0.25, -0.2) is 4.79 Å². The number of benzene rings is 2. The second kappa shape index (κ2) is 10.5. The monoisotopic (exact) mass is 454 g/mol. The van der Waals surface area contributed by atoms with E-state index in [0.29, 0.717) is 0 Å². The van der Waals surface area contributed by atoms with Gasteiger partial charge in [0.2, 0.25) is 5.91 Å². The number of aliphatic carboxylic acids is 1. The van der Waals surface area contributed by atoms with Crippen LogP contribution in [0.5, 0.6) is 0 Å². The van der Waals surface area contributed by atoms with Crippen LogP contribution in [-0.2, 0) is 19.1 Å². The van der Waals surface area contributed by atoms with Gasteiger partial charge in [0.05, 0.1) is 12.0 Å². The minimum absolute atomic E-state index is 0.105. The summed E-state index contributed by atoms with van der Waals surface area (Å²) in [6, 6.07) is 14.3. The van der Waals surface area contributed by atoms with E-state index in [1.807, 2.05) is 48.5 Å². The summed E-state index contributed by atoms with van der Waals surface area (Å²) in [6.45, 7) is 4.85. The largest absolute Gasteiger partial charge is 0.481 e. The number of hydrogen-bond acceptors (Lipinski definition) is 5. The third-order valence-electron chi connectivity index (χ3n) is 6.25. The molecule has 8 nitrogen and oxygen atoms in total. The molecule has 2 aromatic rings. The Kier molecular flexibility index (Phi) is 7.71. The van der Waals surface area contributed by atoms with Gasteiger partial charge in [-0.15, -0.1) is 0 Å². The van der Waals surface area contributed by atoms with Crippen molar-refractivity contribution >= 4 is 18.0 Å². The van der Waals surface area contributed by atoms with Gasteiger partial charge in [0.1, 0.15) is 12.6 Å². The number of carbonyl (C=O) groups is 3. The number of carboxylic acids is 1. The van der Waals surface area contributed by atoms with Crippen LogP contribution in [0.25, 0.3) is 11.1 Å². The molecule has 0 aliphatic heterocycles. The first-order valence-electron chi connectivity index (χ1n) is 10.9. The highest BCUT2D eigenvalue weighted by molar-refractivity contribution is 5.87. The standard InChI is InChI=1S/C25H30N2O6/c1-14(24(29)30)15(2)26-23(28)22(16(3)32-4)27-25(31)33-13-21-19-11-7-5-9-17(19)18-10-6-8-12-20(18)21/h5-12,14-16,21-22H,13H2,1-4H3,(H,26,28)(H,27,31)(H,29,30). The maximum absolute atomic E-state index is 12.7. The van der Waals surface area contributed by atoms with Crippen molar-refractivity contribution in [2.75, 3.05) is 13.7 Å². The molecule has 3 N–H and O–H groups in total. The summed E-state index contributed by atoms with van der Waals surface area (Å²) in [6.07, 6.45) is -1.40. The first kappa shape index (κ1) is 24.3. The molecular weight excluding hydrogens is 424 g/mol. The second-order valence-corrected chi connectivity index (χ2v) is 8.31. The van der Waals surface area contributed by atoms with E-state index in [4.69, 9.17) is 14.6 Å². The fourth-order valence-corrected chi connectivity index (χ4v) is 3.95. The van der Waals surface area contributed by atoms with Gasteiger partial charge in [0.25, 0.3) is 0 Å². The Bertz CT molecular complexity index is 978. The summed E-state index contributed by atoms with van der Waals surface area (Å²) in [5.74, 6) is -2.46. The van der Waals surface area contributed by atoms with Gasteiger partial charge in [0, 0.05) is 19.1 Å². The number of methoxy groups -OCH3 is 1.